The summed E-state index contributed by atoms with van der Waals surface area (Å²) in [6.45, 7) is 7.02. The number of nitrogens with one attached hydrogen (secondary N) is 2. The molecule has 0 bridgehead atoms. The predicted octanol–water partition coefficient (Wildman–Crippen LogP) is 5.39. The van der Waals surface area contributed by atoms with Crippen LogP contribution in [0.15, 0.2) is 58.9 Å². The summed E-state index contributed by atoms with van der Waals surface area (Å²) in [6.07, 6.45) is 0. The SMILES string of the molecule is CC(C)CNc1nnc(S[C@H](C)C(=O)Nc2ccccc2-c2ccccc2)s1. The molecule has 0 aliphatic carbocycles. The van der Waals surface area contributed by atoms with Crippen molar-refractivity contribution in [3.05, 3.63) is 54.6 Å². The molecule has 7 heteroatoms. The summed E-state index contributed by atoms with van der Waals surface area (Å²) >= 11 is 2.90. The van der Waals surface area contributed by atoms with Gasteiger partial charge >= 0.3 is 0 Å². The maximum Gasteiger partial charge on any atom is 0.237 e. The van der Waals surface area contributed by atoms with E-state index in [4.69, 9.17) is 0 Å². The van der Waals surface area contributed by atoms with E-state index in [-0.39, 0.29) is 11.2 Å². The molecule has 0 aliphatic heterocycles. The van der Waals surface area contributed by atoms with Crippen molar-refractivity contribution in [1.29, 1.82) is 0 Å². The van der Waals surface area contributed by atoms with Gasteiger partial charge in [0.05, 0.1) is 5.25 Å². The van der Waals surface area contributed by atoms with E-state index in [0.29, 0.717) is 5.92 Å². The van der Waals surface area contributed by atoms with E-state index in [1.807, 2.05) is 61.5 Å². The summed E-state index contributed by atoms with van der Waals surface area (Å²) in [5.41, 5.74) is 2.89. The average Bonchev–Trinajstić information content (AvgIpc) is 3.15. The molecule has 146 valence electrons. The second-order valence-corrected chi connectivity index (χ2v) is 9.37. The fourth-order valence-corrected chi connectivity index (χ4v) is 4.42. The number of amides is 1. The zero-order valence-electron chi connectivity index (χ0n) is 16.2. The number of rotatable bonds is 8. The molecule has 0 radical (unpaired) electrons. The largest absolute Gasteiger partial charge is 0.360 e. The van der Waals surface area contributed by atoms with Gasteiger partial charge in [0.15, 0.2) is 4.34 Å². The lowest BCUT2D eigenvalue weighted by molar-refractivity contribution is -0.115. The molecule has 0 saturated carbocycles. The molecule has 1 atom stereocenters. The van der Waals surface area contributed by atoms with Crippen molar-refractivity contribution < 1.29 is 4.79 Å². The third-order valence-electron chi connectivity index (χ3n) is 3.98. The van der Waals surface area contributed by atoms with E-state index in [1.54, 1.807) is 0 Å². The molecule has 0 aliphatic rings. The zero-order chi connectivity index (χ0) is 19.9. The van der Waals surface area contributed by atoms with Gasteiger partial charge in [0.1, 0.15) is 0 Å². The summed E-state index contributed by atoms with van der Waals surface area (Å²) < 4.78 is 0.783. The highest BCUT2D eigenvalue weighted by Gasteiger charge is 2.18. The minimum atomic E-state index is -0.283. The van der Waals surface area contributed by atoms with E-state index in [2.05, 4.69) is 34.7 Å². The van der Waals surface area contributed by atoms with Crippen LogP contribution >= 0.6 is 23.1 Å². The topological polar surface area (TPSA) is 66.9 Å². The molecular weight excluding hydrogens is 388 g/mol. The lowest BCUT2D eigenvalue weighted by Crippen LogP contribution is -2.22. The highest BCUT2D eigenvalue weighted by atomic mass is 32.2. The lowest BCUT2D eigenvalue weighted by Gasteiger charge is -2.14. The maximum absolute atomic E-state index is 12.7. The zero-order valence-corrected chi connectivity index (χ0v) is 17.8. The molecule has 1 amide bonds. The van der Waals surface area contributed by atoms with Crippen molar-refractivity contribution in [3.63, 3.8) is 0 Å². The van der Waals surface area contributed by atoms with Gasteiger partial charge in [-0.15, -0.1) is 10.2 Å². The van der Waals surface area contributed by atoms with E-state index in [0.717, 1.165) is 32.8 Å². The highest BCUT2D eigenvalue weighted by Crippen LogP contribution is 2.31. The number of hydrogen-bond acceptors (Lipinski definition) is 6. The van der Waals surface area contributed by atoms with Crippen molar-refractivity contribution in [2.24, 2.45) is 5.92 Å². The molecule has 5 nitrogen and oxygen atoms in total. The first kappa shape index (κ1) is 20.4. The van der Waals surface area contributed by atoms with Crippen LogP contribution in [0.1, 0.15) is 20.8 Å². The number of carbonyl (C=O) groups is 1. The van der Waals surface area contributed by atoms with Gasteiger partial charge in [0.25, 0.3) is 0 Å². The Morgan fingerprint density at radius 1 is 1.04 bits per heavy atom. The predicted molar refractivity (Wildman–Crippen MR) is 119 cm³/mol. The highest BCUT2D eigenvalue weighted by molar-refractivity contribution is 8.02. The summed E-state index contributed by atoms with van der Waals surface area (Å²) in [5.74, 6) is 0.481. The Kier molecular flexibility index (Phi) is 7.06. The molecule has 3 aromatic rings. The first-order valence-corrected chi connectivity index (χ1v) is 10.9. The van der Waals surface area contributed by atoms with Gasteiger partial charge in [-0.2, -0.15) is 0 Å². The lowest BCUT2D eigenvalue weighted by atomic mass is 10.0. The fraction of sp³-hybridized carbons (Fsp3) is 0.286. The average molecular weight is 413 g/mol. The molecule has 0 unspecified atom stereocenters. The number of para-hydroxylation sites is 1. The minimum Gasteiger partial charge on any atom is -0.360 e. The van der Waals surface area contributed by atoms with Gasteiger partial charge in [0, 0.05) is 17.8 Å². The van der Waals surface area contributed by atoms with Crippen LogP contribution in [-0.4, -0.2) is 27.9 Å². The van der Waals surface area contributed by atoms with Gasteiger partial charge in [0.2, 0.25) is 11.0 Å². The van der Waals surface area contributed by atoms with Crippen LogP contribution in [0, 0.1) is 5.92 Å². The number of hydrogen-bond donors (Lipinski definition) is 2. The smallest absolute Gasteiger partial charge is 0.237 e. The Labute approximate surface area is 174 Å². The Balaban J connectivity index is 1.64. The van der Waals surface area contributed by atoms with E-state index < -0.39 is 0 Å². The second kappa shape index (κ2) is 9.71. The molecule has 0 fully saturated rings. The van der Waals surface area contributed by atoms with Crippen LogP contribution in [0.25, 0.3) is 11.1 Å². The van der Waals surface area contributed by atoms with Crippen LogP contribution in [0.3, 0.4) is 0 Å². The Morgan fingerprint density at radius 3 is 2.50 bits per heavy atom. The van der Waals surface area contributed by atoms with Crippen molar-refractivity contribution in [3.8, 4) is 11.1 Å². The van der Waals surface area contributed by atoms with Gasteiger partial charge in [-0.05, 0) is 24.5 Å². The third-order valence-corrected chi connectivity index (χ3v) is 6.05. The Bertz CT molecular complexity index is 912. The van der Waals surface area contributed by atoms with Crippen LogP contribution in [0.2, 0.25) is 0 Å². The van der Waals surface area contributed by atoms with Crippen molar-refractivity contribution in [2.75, 3.05) is 17.2 Å². The fourth-order valence-electron chi connectivity index (χ4n) is 2.52. The molecule has 2 N–H and O–H groups in total. The molecule has 28 heavy (non-hydrogen) atoms. The first-order valence-electron chi connectivity index (χ1n) is 9.22. The number of anilines is 2. The minimum absolute atomic E-state index is 0.0553. The molecule has 2 aromatic carbocycles. The molecule has 0 spiro atoms. The van der Waals surface area contributed by atoms with Gasteiger partial charge in [-0.25, -0.2) is 0 Å². The quantitative estimate of drug-likeness (QED) is 0.485. The van der Waals surface area contributed by atoms with Crippen molar-refractivity contribution in [2.45, 2.75) is 30.4 Å². The van der Waals surface area contributed by atoms with Gasteiger partial charge in [-0.1, -0.05) is 85.5 Å². The van der Waals surface area contributed by atoms with Crippen LogP contribution in [0.5, 0.6) is 0 Å². The second-order valence-electron chi connectivity index (χ2n) is 6.81. The molecule has 3 rings (SSSR count). The number of carbonyl (C=O) groups excluding carboxylic acids is 1. The molecule has 0 saturated heterocycles. The monoisotopic (exact) mass is 412 g/mol. The molecule has 1 heterocycles. The van der Waals surface area contributed by atoms with E-state index in [1.165, 1.54) is 23.1 Å². The number of aromatic nitrogens is 2. The number of benzene rings is 2. The number of thioether (sulfide) groups is 1. The summed E-state index contributed by atoms with van der Waals surface area (Å²) in [5, 5.41) is 15.1. The van der Waals surface area contributed by atoms with Gasteiger partial charge < -0.3 is 10.6 Å². The summed E-state index contributed by atoms with van der Waals surface area (Å²) in [6, 6.07) is 17.9. The normalized spacial score (nSPS) is 12.0. The van der Waals surface area contributed by atoms with Crippen molar-refractivity contribution >= 4 is 39.8 Å². The first-order chi connectivity index (χ1) is 13.5. The Hall–Kier alpha value is -2.38. The third kappa shape index (κ3) is 5.56. The Morgan fingerprint density at radius 2 is 1.75 bits per heavy atom. The maximum atomic E-state index is 12.7. The van der Waals surface area contributed by atoms with Crippen molar-refractivity contribution in [1.82, 2.24) is 10.2 Å². The van der Waals surface area contributed by atoms with Crippen LogP contribution in [0.4, 0.5) is 10.8 Å². The van der Waals surface area contributed by atoms with E-state index >= 15 is 0 Å². The molecule has 1 aromatic heterocycles. The summed E-state index contributed by atoms with van der Waals surface area (Å²) in [7, 11) is 0. The van der Waals surface area contributed by atoms with Crippen LogP contribution in [-0.2, 0) is 4.79 Å². The summed E-state index contributed by atoms with van der Waals surface area (Å²) in [4.78, 5) is 12.7. The molecular formula is C21H24N4OS2. The van der Waals surface area contributed by atoms with Crippen LogP contribution < -0.4 is 10.6 Å². The van der Waals surface area contributed by atoms with E-state index in [9.17, 15) is 4.79 Å². The van der Waals surface area contributed by atoms with Gasteiger partial charge in [-0.3, -0.25) is 4.79 Å². The number of nitrogens with zero attached hydrogens (tertiary/aromatic N) is 2. The standard InChI is InChI=1S/C21H24N4OS2/c1-14(2)13-22-20-24-25-21(28-20)27-15(3)19(26)23-18-12-8-7-11-17(18)16-9-5-4-6-10-16/h4-12,14-15H,13H2,1-3H3,(H,22,24)(H,23,26)/t15-/m1/s1.